The van der Waals surface area contributed by atoms with Gasteiger partial charge in [0.05, 0.1) is 16.6 Å². The van der Waals surface area contributed by atoms with Crippen LogP contribution in [-0.4, -0.2) is 9.59 Å². The molecule has 1 aromatic heterocycles. The highest BCUT2D eigenvalue weighted by molar-refractivity contribution is 7.05. The molecule has 1 heterocycles. The first-order valence-electron chi connectivity index (χ1n) is 6.85. The lowest BCUT2D eigenvalue weighted by Gasteiger charge is -2.21. The third-order valence-electron chi connectivity index (χ3n) is 3.37. The Balaban J connectivity index is 2.39. The highest BCUT2D eigenvalue weighted by Gasteiger charge is 2.27. The van der Waals surface area contributed by atoms with Gasteiger partial charge in [0.1, 0.15) is 0 Å². The minimum atomic E-state index is -0.0601. The first-order chi connectivity index (χ1) is 9.47. The minimum absolute atomic E-state index is 0.0409. The largest absolute Gasteiger partial charge is 0.271 e. The second kappa shape index (κ2) is 5.99. The van der Waals surface area contributed by atoms with Crippen molar-refractivity contribution in [2.45, 2.75) is 45.6 Å². The second-order valence-electron chi connectivity index (χ2n) is 5.93. The smallest absolute Gasteiger partial charge is 0.0861 e. The van der Waals surface area contributed by atoms with Crippen LogP contribution in [0.2, 0.25) is 0 Å². The van der Waals surface area contributed by atoms with Crippen LogP contribution in [0.15, 0.2) is 24.3 Å². The molecule has 0 aliphatic rings. The molecule has 0 aliphatic carbocycles. The number of aryl methyl sites for hydroxylation is 1. The molecule has 4 nitrogen and oxygen atoms in total. The number of nitrogens with zero attached hydrogens (tertiary/aromatic N) is 2. The number of nitrogens with one attached hydrogen (secondary N) is 1. The van der Waals surface area contributed by atoms with E-state index in [1.807, 2.05) is 0 Å². The molecule has 5 heteroatoms. The Morgan fingerprint density at radius 2 is 1.90 bits per heavy atom. The molecule has 0 aliphatic heterocycles. The van der Waals surface area contributed by atoms with E-state index in [2.05, 4.69) is 67.0 Å². The summed E-state index contributed by atoms with van der Waals surface area (Å²) in [6, 6.07) is 8.47. The van der Waals surface area contributed by atoms with Gasteiger partial charge in [-0.25, -0.2) is 5.43 Å². The summed E-state index contributed by atoms with van der Waals surface area (Å²) in [6.07, 6.45) is 1.04. The maximum atomic E-state index is 5.78. The van der Waals surface area contributed by atoms with Crippen molar-refractivity contribution >= 4 is 11.5 Å². The number of hydrogen-bond acceptors (Lipinski definition) is 5. The second-order valence-corrected chi connectivity index (χ2v) is 6.72. The molecule has 0 saturated heterocycles. The quantitative estimate of drug-likeness (QED) is 0.671. The zero-order valence-corrected chi connectivity index (χ0v) is 13.3. The van der Waals surface area contributed by atoms with Gasteiger partial charge in [0.15, 0.2) is 0 Å². The summed E-state index contributed by atoms with van der Waals surface area (Å²) in [5.41, 5.74) is 6.33. The summed E-state index contributed by atoms with van der Waals surface area (Å²) >= 11 is 1.41. The maximum Gasteiger partial charge on any atom is 0.0861 e. The minimum Gasteiger partial charge on any atom is -0.271 e. The molecule has 0 saturated carbocycles. The number of aromatic nitrogens is 2. The summed E-state index contributed by atoms with van der Waals surface area (Å²) in [4.78, 5) is 1.09. The summed E-state index contributed by atoms with van der Waals surface area (Å²) in [7, 11) is 0. The van der Waals surface area contributed by atoms with Crippen LogP contribution in [0, 0.1) is 0 Å². The Morgan fingerprint density at radius 3 is 2.40 bits per heavy atom. The molecule has 108 valence electrons. The fraction of sp³-hybridized carbons (Fsp3) is 0.467. The zero-order chi connectivity index (χ0) is 14.8. The number of nitrogens with two attached hydrogens (primary N) is 1. The van der Waals surface area contributed by atoms with E-state index in [4.69, 9.17) is 5.84 Å². The third kappa shape index (κ3) is 3.06. The van der Waals surface area contributed by atoms with E-state index in [1.54, 1.807) is 0 Å². The number of hydrazine groups is 1. The van der Waals surface area contributed by atoms with Gasteiger partial charge >= 0.3 is 0 Å². The third-order valence-corrected chi connectivity index (χ3v) is 4.16. The molecule has 0 amide bonds. The molecular weight excluding hydrogens is 268 g/mol. The van der Waals surface area contributed by atoms with Crippen LogP contribution in [-0.2, 0) is 11.8 Å². The van der Waals surface area contributed by atoms with Crippen LogP contribution in [0.25, 0.3) is 0 Å². The van der Waals surface area contributed by atoms with Crippen molar-refractivity contribution < 1.29 is 0 Å². The fourth-order valence-corrected chi connectivity index (χ4v) is 3.13. The molecule has 0 bridgehead atoms. The molecule has 0 fully saturated rings. The molecule has 1 atom stereocenters. The Morgan fingerprint density at radius 1 is 1.25 bits per heavy atom. The van der Waals surface area contributed by atoms with Gasteiger partial charge in [-0.05, 0) is 29.1 Å². The topological polar surface area (TPSA) is 63.8 Å². The number of hydrogen-bond donors (Lipinski definition) is 2. The average Bonchev–Trinajstić information content (AvgIpc) is 2.90. The summed E-state index contributed by atoms with van der Waals surface area (Å²) in [6.45, 7) is 8.57. The molecule has 3 N–H and O–H groups in total. The Kier molecular flexibility index (Phi) is 4.52. The van der Waals surface area contributed by atoms with Crippen LogP contribution < -0.4 is 11.3 Å². The van der Waals surface area contributed by atoms with Gasteiger partial charge in [0, 0.05) is 5.41 Å². The van der Waals surface area contributed by atoms with Gasteiger partial charge in [-0.3, -0.25) is 5.84 Å². The van der Waals surface area contributed by atoms with Crippen molar-refractivity contribution in [1.82, 2.24) is 15.0 Å². The monoisotopic (exact) mass is 290 g/mol. The summed E-state index contributed by atoms with van der Waals surface area (Å²) in [5, 5.41) is 4.29. The van der Waals surface area contributed by atoms with Crippen molar-refractivity contribution in [2.75, 3.05) is 0 Å². The predicted molar refractivity (Wildman–Crippen MR) is 83.6 cm³/mol. The van der Waals surface area contributed by atoms with Crippen LogP contribution in [0.3, 0.4) is 0 Å². The van der Waals surface area contributed by atoms with E-state index in [0.717, 1.165) is 22.6 Å². The van der Waals surface area contributed by atoms with Gasteiger partial charge in [0.2, 0.25) is 0 Å². The van der Waals surface area contributed by atoms with Gasteiger partial charge in [-0.1, -0.05) is 56.4 Å². The SMILES string of the molecule is CCc1ccc(C(NN)c2snnc2C(C)(C)C)cc1. The lowest BCUT2D eigenvalue weighted by molar-refractivity contribution is 0.543. The molecule has 2 rings (SSSR count). The Labute approximate surface area is 124 Å². The average molecular weight is 290 g/mol. The summed E-state index contributed by atoms with van der Waals surface area (Å²) < 4.78 is 4.11. The van der Waals surface area contributed by atoms with Crippen LogP contribution in [0.5, 0.6) is 0 Å². The van der Waals surface area contributed by atoms with Crippen LogP contribution in [0.1, 0.15) is 55.4 Å². The van der Waals surface area contributed by atoms with E-state index in [0.29, 0.717) is 0 Å². The first kappa shape index (κ1) is 15.1. The number of benzene rings is 1. The van der Waals surface area contributed by atoms with E-state index >= 15 is 0 Å². The van der Waals surface area contributed by atoms with Crippen molar-refractivity contribution in [2.24, 2.45) is 5.84 Å². The highest BCUT2D eigenvalue weighted by Crippen LogP contribution is 2.33. The normalized spacial score (nSPS) is 13.4. The standard InChI is InChI=1S/C15H22N4S/c1-5-10-6-8-11(9-7-10)12(17-16)13-14(15(2,3)4)18-19-20-13/h6-9,12,17H,5,16H2,1-4H3. The first-order valence-corrected chi connectivity index (χ1v) is 7.62. The molecule has 0 radical (unpaired) electrons. The molecule has 1 unspecified atom stereocenters. The van der Waals surface area contributed by atoms with Crippen molar-refractivity contribution in [3.63, 3.8) is 0 Å². The lowest BCUT2D eigenvalue weighted by atomic mass is 9.89. The van der Waals surface area contributed by atoms with Gasteiger partial charge in [-0.2, -0.15) is 0 Å². The van der Waals surface area contributed by atoms with Crippen molar-refractivity contribution in [3.05, 3.63) is 46.0 Å². The molecule has 1 aromatic carbocycles. The molecular formula is C15H22N4S. The molecule has 2 aromatic rings. The van der Waals surface area contributed by atoms with Gasteiger partial charge in [-0.15, -0.1) is 5.10 Å². The Hall–Kier alpha value is -1.30. The van der Waals surface area contributed by atoms with Gasteiger partial charge in [0.25, 0.3) is 0 Å². The number of rotatable bonds is 4. The lowest BCUT2D eigenvalue weighted by Crippen LogP contribution is -2.30. The zero-order valence-electron chi connectivity index (χ0n) is 12.5. The van der Waals surface area contributed by atoms with Gasteiger partial charge < -0.3 is 0 Å². The fourth-order valence-electron chi connectivity index (χ4n) is 2.18. The molecule has 20 heavy (non-hydrogen) atoms. The summed E-state index contributed by atoms with van der Waals surface area (Å²) in [5.74, 6) is 5.78. The Bertz CT molecular complexity index is 554. The van der Waals surface area contributed by atoms with E-state index < -0.39 is 0 Å². The highest BCUT2D eigenvalue weighted by atomic mass is 32.1. The van der Waals surface area contributed by atoms with E-state index in [1.165, 1.54) is 17.1 Å². The van der Waals surface area contributed by atoms with Crippen LogP contribution in [0.4, 0.5) is 0 Å². The van der Waals surface area contributed by atoms with E-state index in [9.17, 15) is 0 Å². The van der Waals surface area contributed by atoms with E-state index in [-0.39, 0.29) is 11.5 Å². The predicted octanol–water partition coefficient (Wildman–Crippen LogP) is 2.95. The molecule has 0 spiro atoms. The van der Waals surface area contributed by atoms with Crippen molar-refractivity contribution in [3.8, 4) is 0 Å². The maximum absolute atomic E-state index is 5.78. The van der Waals surface area contributed by atoms with Crippen LogP contribution >= 0.6 is 11.5 Å². The van der Waals surface area contributed by atoms with Crippen molar-refractivity contribution in [1.29, 1.82) is 0 Å².